The minimum Gasteiger partial charge on any atom is -0.321 e. The van der Waals surface area contributed by atoms with Crippen LogP contribution in [0.3, 0.4) is 0 Å². The van der Waals surface area contributed by atoms with Crippen LogP contribution in [0, 0.1) is 12.7 Å². The van der Waals surface area contributed by atoms with Crippen LogP contribution in [0.15, 0.2) is 53.4 Å². The average Bonchev–Trinajstić information content (AvgIpc) is 3.21. The van der Waals surface area contributed by atoms with E-state index in [2.05, 4.69) is 22.1 Å². The third-order valence-corrected chi connectivity index (χ3v) is 8.74. The van der Waals surface area contributed by atoms with E-state index < -0.39 is 10.0 Å². The number of carbonyl (C=O) groups is 1. The van der Waals surface area contributed by atoms with Crippen molar-refractivity contribution in [1.29, 1.82) is 0 Å². The van der Waals surface area contributed by atoms with Crippen LogP contribution in [-0.4, -0.2) is 61.2 Å². The summed E-state index contributed by atoms with van der Waals surface area (Å²) in [5.74, 6) is -0.664. The van der Waals surface area contributed by atoms with Gasteiger partial charge in [-0.05, 0) is 62.0 Å². The highest BCUT2D eigenvalue weighted by Crippen LogP contribution is 2.29. The molecule has 1 aromatic heterocycles. The van der Waals surface area contributed by atoms with Crippen LogP contribution in [-0.2, 0) is 10.0 Å². The van der Waals surface area contributed by atoms with Gasteiger partial charge in [-0.2, -0.15) is 4.31 Å². The maximum Gasteiger partial charge on any atom is 0.267 e. The number of hydrogen-bond acceptors (Lipinski definition) is 6. The number of likely N-dealkylation sites (N-methyl/N-ethyl adjacent to an activating group) is 1. The molecule has 0 radical (unpaired) electrons. The Morgan fingerprint density at radius 3 is 2.30 bits per heavy atom. The number of aromatic nitrogens is 1. The van der Waals surface area contributed by atoms with E-state index in [0.717, 1.165) is 25.2 Å². The summed E-state index contributed by atoms with van der Waals surface area (Å²) in [7, 11) is -3.57. The van der Waals surface area contributed by atoms with Gasteiger partial charge in [-0.3, -0.25) is 4.79 Å². The number of rotatable bonds is 6. The monoisotopic (exact) mass is 488 g/mol. The summed E-state index contributed by atoms with van der Waals surface area (Å²) in [5, 5.41) is 3.43. The van der Waals surface area contributed by atoms with E-state index in [-0.39, 0.29) is 16.6 Å². The van der Waals surface area contributed by atoms with Crippen molar-refractivity contribution in [1.82, 2.24) is 14.2 Å². The predicted molar refractivity (Wildman–Crippen MR) is 128 cm³/mol. The third kappa shape index (κ3) is 5.14. The van der Waals surface area contributed by atoms with E-state index >= 15 is 0 Å². The quantitative estimate of drug-likeness (QED) is 0.570. The molecule has 0 unspecified atom stereocenters. The van der Waals surface area contributed by atoms with Gasteiger partial charge in [0, 0.05) is 37.4 Å². The molecule has 1 aliphatic rings. The molecule has 7 nitrogen and oxygen atoms in total. The molecule has 0 aliphatic carbocycles. The molecule has 174 valence electrons. The van der Waals surface area contributed by atoms with Crippen molar-refractivity contribution in [3.63, 3.8) is 0 Å². The first-order chi connectivity index (χ1) is 15.8. The van der Waals surface area contributed by atoms with Crippen molar-refractivity contribution in [2.24, 2.45) is 0 Å². The Morgan fingerprint density at radius 1 is 1.06 bits per heavy atom. The topological polar surface area (TPSA) is 82.6 Å². The number of halogens is 1. The van der Waals surface area contributed by atoms with Crippen molar-refractivity contribution in [2.45, 2.75) is 18.7 Å². The fraction of sp³-hybridized carbons (Fsp3) is 0.304. The summed E-state index contributed by atoms with van der Waals surface area (Å²) in [4.78, 5) is 20.1. The lowest BCUT2D eigenvalue weighted by Crippen LogP contribution is -2.48. The lowest BCUT2D eigenvalue weighted by Gasteiger charge is -2.33. The zero-order valence-corrected chi connectivity index (χ0v) is 20.0. The first-order valence-electron chi connectivity index (χ1n) is 10.6. The van der Waals surface area contributed by atoms with Crippen LogP contribution in [0.4, 0.5) is 10.1 Å². The molecule has 1 aliphatic heterocycles. The van der Waals surface area contributed by atoms with Gasteiger partial charge >= 0.3 is 0 Å². The number of thiazole rings is 1. The van der Waals surface area contributed by atoms with Gasteiger partial charge in [0.2, 0.25) is 10.0 Å². The van der Waals surface area contributed by atoms with Crippen molar-refractivity contribution in [2.75, 3.05) is 38.0 Å². The number of amides is 1. The number of piperazine rings is 1. The average molecular weight is 489 g/mol. The van der Waals surface area contributed by atoms with Crippen molar-refractivity contribution < 1.29 is 17.6 Å². The van der Waals surface area contributed by atoms with Crippen LogP contribution in [0.2, 0.25) is 0 Å². The molecular formula is C23H25FN4O3S2. The predicted octanol–water partition coefficient (Wildman–Crippen LogP) is 3.84. The lowest BCUT2D eigenvalue weighted by atomic mass is 10.2. The first kappa shape index (κ1) is 23.5. The fourth-order valence-electron chi connectivity index (χ4n) is 3.66. The SMILES string of the molecule is CCN1CCN(S(=O)(=O)c2ccc(NC(=O)c3sc(-c4ccc(F)cc4)nc3C)cc2)CC1. The van der Waals surface area contributed by atoms with Crippen molar-refractivity contribution in [3.05, 3.63) is 64.9 Å². The maximum atomic E-state index is 13.2. The summed E-state index contributed by atoms with van der Waals surface area (Å²) in [6, 6.07) is 12.2. The third-order valence-electron chi connectivity index (χ3n) is 5.62. The molecule has 1 amide bonds. The summed E-state index contributed by atoms with van der Waals surface area (Å²) >= 11 is 1.22. The minimum atomic E-state index is -3.57. The second-order valence-corrected chi connectivity index (χ2v) is 10.7. The highest BCUT2D eigenvalue weighted by molar-refractivity contribution is 7.89. The molecule has 1 N–H and O–H groups in total. The summed E-state index contributed by atoms with van der Waals surface area (Å²) in [5.41, 5.74) is 1.80. The number of sulfonamides is 1. The number of hydrogen-bond donors (Lipinski definition) is 1. The molecule has 1 saturated heterocycles. The van der Waals surface area contributed by atoms with E-state index in [0.29, 0.717) is 34.4 Å². The van der Waals surface area contributed by atoms with Gasteiger partial charge < -0.3 is 10.2 Å². The number of nitrogens with zero attached hydrogens (tertiary/aromatic N) is 3. The maximum absolute atomic E-state index is 13.2. The fourth-order valence-corrected chi connectivity index (χ4v) is 6.05. The Morgan fingerprint density at radius 2 is 1.70 bits per heavy atom. The standard InChI is InChI=1S/C23H25FN4O3S2/c1-3-27-12-14-28(15-13-27)33(30,31)20-10-8-19(9-11-20)26-22(29)21-16(2)25-23(32-21)17-4-6-18(24)7-5-17/h4-11H,3,12-15H2,1-2H3,(H,26,29). The smallest absolute Gasteiger partial charge is 0.267 e. The van der Waals surface area contributed by atoms with Gasteiger partial charge in [0.25, 0.3) is 5.91 Å². The number of benzene rings is 2. The van der Waals surface area contributed by atoms with Gasteiger partial charge in [-0.1, -0.05) is 6.92 Å². The molecule has 4 rings (SSSR count). The van der Waals surface area contributed by atoms with Gasteiger partial charge in [-0.15, -0.1) is 11.3 Å². The zero-order valence-electron chi connectivity index (χ0n) is 18.4. The second kappa shape index (κ2) is 9.68. The Kier molecular flexibility index (Phi) is 6.89. The number of aryl methyl sites for hydroxylation is 1. The molecular weight excluding hydrogens is 463 g/mol. The van der Waals surface area contributed by atoms with Crippen molar-refractivity contribution in [3.8, 4) is 10.6 Å². The normalized spacial score (nSPS) is 15.5. The van der Waals surface area contributed by atoms with Crippen LogP contribution < -0.4 is 5.32 Å². The number of nitrogens with one attached hydrogen (secondary N) is 1. The highest BCUT2D eigenvalue weighted by atomic mass is 32.2. The van der Waals surface area contributed by atoms with E-state index in [1.807, 2.05) is 0 Å². The Hall–Kier alpha value is -2.66. The molecule has 3 aromatic rings. The van der Waals surface area contributed by atoms with Gasteiger partial charge in [0.15, 0.2) is 0 Å². The first-order valence-corrected chi connectivity index (χ1v) is 12.9. The van der Waals surface area contributed by atoms with E-state index in [9.17, 15) is 17.6 Å². The Bertz CT molecular complexity index is 1230. The molecule has 0 saturated carbocycles. The molecule has 2 heterocycles. The molecule has 0 atom stereocenters. The minimum absolute atomic E-state index is 0.206. The highest BCUT2D eigenvalue weighted by Gasteiger charge is 2.28. The largest absolute Gasteiger partial charge is 0.321 e. The number of anilines is 1. The second-order valence-electron chi connectivity index (χ2n) is 7.76. The Balaban J connectivity index is 1.45. The Labute approximate surface area is 196 Å². The molecule has 2 aromatic carbocycles. The van der Waals surface area contributed by atoms with E-state index in [4.69, 9.17) is 0 Å². The summed E-state index contributed by atoms with van der Waals surface area (Å²) < 4.78 is 40.5. The van der Waals surface area contributed by atoms with Gasteiger partial charge in [0.1, 0.15) is 15.7 Å². The van der Waals surface area contributed by atoms with E-state index in [1.54, 1.807) is 31.2 Å². The summed E-state index contributed by atoms with van der Waals surface area (Å²) in [6.07, 6.45) is 0. The van der Waals surface area contributed by atoms with Crippen LogP contribution in [0.5, 0.6) is 0 Å². The molecule has 10 heteroatoms. The lowest BCUT2D eigenvalue weighted by molar-refractivity contribution is 0.103. The van der Waals surface area contributed by atoms with Crippen molar-refractivity contribution >= 4 is 33.0 Å². The zero-order chi connectivity index (χ0) is 23.6. The van der Waals surface area contributed by atoms with Gasteiger partial charge in [0.05, 0.1) is 10.6 Å². The molecule has 33 heavy (non-hydrogen) atoms. The van der Waals surface area contributed by atoms with Gasteiger partial charge in [-0.25, -0.2) is 17.8 Å². The van der Waals surface area contributed by atoms with Crippen LogP contribution in [0.25, 0.3) is 10.6 Å². The molecule has 1 fully saturated rings. The van der Waals surface area contributed by atoms with E-state index in [1.165, 1.54) is 39.9 Å². The van der Waals surface area contributed by atoms with Crippen LogP contribution >= 0.6 is 11.3 Å². The number of carbonyl (C=O) groups excluding carboxylic acids is 1. The van der Waals surface area contributed by atoms with Crippen LogP contribution in [0.1, 0.15) is 22.3 Å². The molecule has 0 spiro atoms. The molecule has 0 bridgehead atoms. The summed E-state index contributed by atoms with van der Waals surface area (Å²) in [6.45, 7) is 7.09.